The van der Waals surface area contributed by atoms with Crippen LogP contribution in [0.5, 0.6) is 5.75 Å². The summed E-state index contributed by atoms with van der Waals surface area (Å²) in [5, 5.41) is 0. The van der Waals surface area contributed by atoms with Crippen molar-refractivity contribution in [2.75, 3.05) is 38.2 Å². The lowest BCUT2D eigenvalue weighted by Gasteiger charge is -2.25. The van der Waals surface area contributed by atoms with Crippen molar-refractivity contribution in [3.05, 3.63) is 29.8 Å². The SMILES string of the molecule is COc1ccccc1C(=O)CN1CCS(=O)CC1. The average molecular weight is 267 g/mol. The van der Waals surface area contributed by atoms with Gasteiger partial charge in [-0.25, -0.2) is 0 Å². The normalized spacial score (nSPS) is 17.6. The number of Topliss-reactive ketones (excluding diaryl/α,β-unsaturated/α-hetero) is 1. The standard InChI is InChI=1S/C13H17NO3S/c1-17-13-5-3-2-4-11(13)12(15)10-14-6-8-18(16)9-7-14/h2-5H,6-10H2,1H3. The van der Waals surface area contributed by atoms with Gasteiger partial charge in [-0.05, 0) is 12.1 Å². The summed E-state index contributed by atoms with van der Waals surface area (Å²) in [6.07, 6.45) is 0. The van der Waals surface area contributed by atoms with Gasteiger partial charge in [-0.2, -0.15) is 0 Å². The van der Waals surface area contributed by atoms with Gasteiger partial charge in [0.15, 0.2) is 5.78 Å². The third-order valence-electron chi connectivity index (χ3n) is 3.04. The fraction of sp³-hybridized carbons (Fsp3) is 0.462. The van der Waals surface area contributed by atoms with Gasteiger partial charge in [0.2, 0.25) is 0 Å². The van der Waals surface area contributed by atoms with Crippen LogP contribution in [-0.4, -0.2) is 53.1 Å². The topological polar surface area (TPSA) is 46.6 Å². The van der Waals surface area contributed by atoms with Crippen LogP contribution in [0.1, 0.15) is 10.4 Å². The van der Waals surface area contributed by atoms with Crippen LogP contribution >= 0.6 is 0 Å². The largest absolute Gasteiger partial charge is 0.496 e. The van der Waals surface area contributed by atoms with Crippen LogP contribution in [0.25, 0.3) is 0 Å². The van der Waals surface area contributed by atoms with E-state index < -0.39 is 10.8 Å². The molecule has 0 aromatic heterocycles. The van der Waals surface area contributed by atoms with E-state index in [9.17, 15) is 9.00 Å². The lowest BCUT2D eigenvalue weighted by atomic mass is 10.1. The second-order valence-electron chi connectivity index (χ2n) is 4.25. The molecule has 1 saturated heterocycles. The van der Waals surface area contributed by atoms with Crippen LogP contribution < -0.4 is 4.74 Å². The first-order valence-electron chi connectivity index (χ1n) is 5.94. The van der Waals surface area contributed by atoms with Gasteiger partial charge in [-0.3, -0.25) is 13.9 Å². The van der Waals surface area contributed by atoms with Gasteiger partial charge >= 0.3 is 0 Å². The number of carbonyl (C=O) groups excluding carboxylic acids is 1. The molecule has 1 heterocycles. The molecule has 0 amide bonds. The van der Waals surface area contributed by atoms with Gasteiger partial charge < -0.3 is 4.74 Å². The fourth-order valence-electron chi connectivity index (χ4n) is 2.00. The molecule has 98 valence electrons. The van der Waals surface area contributed by atoms with Crippen LogP contribution in [0, 0.1) is 0 Å². The summed E-state index contributed by atoms with van der Waals surface area (Å²) in [4.78, 5) is 14.2. The third-order valence-corrected chi connectivity index (χ3v) is 4.32. The van der Waals surface area contributed by atoms with Crippen molar-refractivity contribution in [1.82, 2.24) is 4.90 Å². The van der Waals surface area contributed by atoms with Gasteiger partial charge in [0.25, 0.3) is 0 Å². The second-order valence-corrected chi connectivity index (χ2v) is 5.94. The van der Waals surface area contributed by atoms with Gasteiger partial charge in [0, 0.05) is 35.4 Å². The molecule has 2 rings (SSSR count). The smallest absolute Gasteiger partial charge is 0.180 e. The predicted octanol–water partition coefficient (Wildman–Crippen LogP) is 0.942. The summed E-state index contributed by atoms with van der Waals surface area (Å²) >= 11 is 0. The van der Waals surface area contributed by atoms with Crippen molar-refractivity contribution in [1.29, 1.82) is 0 Å². The Morgan fingerprint density at radius 1 is 1.33 bits per heavy atom. The predicted molar refractivity (Wildman–Crippen MR) is 71.6 cm³/mol. The van der Waals surface area contributed by atoms with Crippen molar-refractivity contribution in [3.8, 4) is 5.75 Å². The molecule has 0 radical (unpaired) electrons. The summed E-state index contributed by atoms with van der Waals surface area (Å²) in [5.74, 6) is 2.00. The number of ketones is 1. The van der Waals surface area contributed by atoms with Crippen LogP contribution in [0.15, 0.2) is 24.3 Å². The fourth-order valence-corrected chi connectivity index (χ4v) is 3.12. The van der Waals surface area contributed by atoms with E-state index in [1.54, 1.807) is 19.2 Å². The molecule has 0 unspecified atom stereocenters. The molecule has 1 aromatic carbocycles. The Morgan fingerprint density at radius 3 is 2.67 bits per heavy atom. The molecule has 0 N–H and O–H groups in total. The molecular formula is C13H17NO3S. The van der Waals surface area contributed by atoms with E-state index in [0.29, 0.717) is 29.4 Å². The molecule has 0 aliphatic carbocycles. The summed E-state index contributed by atoms with van der Waals surface area (Å²) in [7, 11) is 0.862. The molecule has 0 bridgehead atoms. The Bertz CT molecular complexity index is 451. The minimum atomic E-state index is -0.704. The van der Waals surface area contributed by atoms with Crippen LogP contribution in [0.3, 0.4) is 0 Å². The zero-order valence-corrected chi connectivity index (χ0v) is 11.2. The number of benzene rings is 1. The van der Waals surface area contributed by atoms with Crippen molar-refractivity contribution >= 4 is 16.6 Å². The summed E-state index contributed by atoms with van der Waals surface area (Å²) in [6, 6.07) is 7.25. The van der Waals surface area contributed by atoms with Gasteiger partial charge in [0.1, 0.15) is 5.75 Å². The Hall–Kier alpha value is -1.20. The Balaban J connectivity index is 2.01. The van der Waals surface area contributed by atoms with Crippen molar-refractivity contribution in [2.45, 2.75) is 0 Å². The highest BCUT2D eigenvalue weighted by Gasteiger charge is 2.19. The molecule has 0 spiro atoms. The molecule has 1 aromatic rings. The molecule has 1 aliphatic heterocycles. The Morgan fingerprint density at radius 2 is 2.00 bits per heavy atom. The van der Waals surface area contributed by atoms with E-state index in [2.05, 4.69) is 4.90 Å². The van der Waals surface area contributed by atoms with Crippen molar-refractivity contribution in [3.63, 3.8) is 0 Å². The minimum absolute atomic E-state index is 0.0557. The highest BCUT2D eigenvalue weighted by molar-refractivity contribution is 7.85. The van der Waals surface area contributed by atoms with Crippen LogP contribution in [0.4, 0.5) is 0 Å². The van der Waals surface area contributed by atoms with Gasteiger partial charge in [-0.1, -0.05) is 12.1 Å². The van der Waals surface area contributed by atoms with Gasteiger partial charge in [0.05, 0.1) is 19.2 Å². The monoisotopic (exact) mass is 267 g/mol. The first kappa shape index (κ1) is 13.2. The number of ether oxygens (including phenoxy) is 1. The number of para-hydroxylation sites is 1. The zero-order chi connectivity index (χ0) is 13.0. The lowest BCUT2D eigenvalue weighted by molar-refractivity contribution is 0.0933. The van der Waals surface area contributed by atoms with E-state index in [0.717, 1.165) is 13.1 Å². The van der Waals surface area contributed by atoms with E-state index >= 15 is 0 Å². The number of hydrogen-bond acceptors (Lipinski definition) is 4. The zero-order valence-electron chi connectivity index (χ0n) is 10.4. The highest BCUT2D eigenvalue weighted by Crippen LogP contribution is 2.18. The third kappa shape index (κ3) is 3.17. The number of methoxy groups -OCH3 is 1. The maximum absolute atomic E-state index is 12.2. The van der Waals surface area contributed by atoms with Crippen molar-refractivity contribution < 1.29 is 13.7 Å². The summed E-state index contributed by atoms with van der Waals surface area (Å²) < 4.78 is 16.4. The average Bonchev–Trinajstić information content (AvgIpc) is 2.41. The van der Waals surface area contributed by atoms with Crippen molar-refractivity contribution in [2.24, 2.45) is 0 Å². The Labute approximate surface area is 109 Å². The maximum Gasteiger partial charge on any atom is 0.180 e. The highest BCUT2D eigenvalue weighted by atomic mass is 32.2. The van der Waals surface area contributed by atoms with E-state index in [1.807, 2.05) is 12.1 Å². The first-order valence-corrected chi connectivity index (χ1v) is 7.43. The lowest BCUT2D eigenvalue weighted by Crippen LogP contribution is -2.40. The molecule has 0 saturated carbocycles. The van der Waals surface area contributed by atoms with Crippen LogP contribution in [0.2, 0.25) is 0 Å². The van der Waals surface area contributed by atoms with E-state index in [-0.39, 0.29) is 5.78 Å². The number of rotatable bonds is 4. The van der Waals surface area contributed by atoms with Gasteiger partial charge in [-0.15, -0.1) is 0 Å². The number of hydrogen-bond donors (Lipinski definition) is 0. The summed E-state index contributed by atoms with van der Waals surface area (Å²) in [6.45, 7) is 1.83. The molecule has 4 nitrogen and oxygen atoms in total. The Kier molecular flexibility index (Phi) is 4.49. The molecule has 0 atom stereocenters. The van der Waals surface area contributed by atoms with Crippen LogP contribution in [-0.2, 0) is 10.8 Å². The van der Waals surface area contributed by atoms with E-state index in [4.69, 9.17) is 4.74 Å². The number of nitrogens with zero attached hydrogens (tertiary/aromatic N) is 1. The molecule has 1 aliphatic rings. The molecule has 1 fully saturated rings. The molecule has 5 heteroatoms. The molecule has 18 heavy (non-hydrogen) atoms. The quantitative estimate of drug-likeness (QED) is 0.762. The maximum atomic E-state index is 12.2. The second kappa shape index (κ2) is 6.11. The number of carbonyl (C=O) groups is 1. The summed E-state index contributed by atoms with van der Waals surface area (Å²) in [5.41, 5.74) is 0.617. The first-order chi connectivity index (χ1) is 8.70. The van der Waals surface area contributed by atoms with E-state index in [1.165, 1.54) is 0 Å². The molecular weight excluding hydrogens is 250 g/mol. The minimum Gasteiger partial charge on any atom is -0.496 e.